The highest BCUT2D eigenvalue weighted by Gasteiger charge is 2.20. The van der Waals surface area contributed by atoms with Crippen LogP contribution in [0.1, 0.15) is 6.92 Å². The molecule has 0 aliphatic heterocycles. The van der Waals surface area contributed by atoms with E-state index in [1.54, 1.807) is 21.0 Å². The molecule has 0 atom stereocenters. The van der Waals surface area contributed by atoms with E-state index in [-0.39, 0.29) is 19.0 Å². The minimum Gasteiger partial charge on any atom is -0.348 e. The van der Waals surface area contributed by atoms with Crippen molar-refractivity contribution < 1.29 is 13.2 Å². The average Bonchev–Trinajstić information content (AvgIpc) is 1.96. The van der Waals surface area contributed by atoms with Gasteiger partial charge >= 0.3 is 0 Å². The number of nitrogens with zero attached hydrogens (tertiary/aromatic N) is 2. The van der Waals surface area contributed by atoms with Crippen LogP contribution in [0.2, 0.25) is 0 Å². The van der Waals surface area contributed by atoms with Crippen molar-refractivity contribution in [3.05, 3.63) is 0 Å². The van der Waals surface area contributed by atoms with Crippen molar-refractivity contribution in [1.82, 2.24) is 9.21 Å². The van der Waals surface area contributed by atoms with Gasteiger partial charge in [0.25, 0.3) is 9.24 Å². The fourth-order valence-electron chi connectivity index (χ4n) is 0.635. The maximum atomic E-state index is 11.1. The predicted molar refractivity (Wildman–Crippen MR) is 50.7 cm³/mol. The molecule has 0 bridgehead atoms. The highest BCUT2D eigenvalue weighted by molar-refractivity contribution is 8.11. The molecule has 0 rings (SSSR count). The Morgan fingerprint density at radius 3 is 2.08 bits per heavy atom. The Labute approximate surface area is 82.8 Å². The van der Waals surface area contributed by atoms with E-state index in [2.05, 4.69) is 0 Å². The van der Waals surface area contributed by atoms with Gasteiger partial charge in [0, 0.05) is 31.3 Å². The van der Waals surface area contributed by atoms with Gasteiger partial charge in [0.15, 0.2) is 0 Å². The monoisotopic (exact) mass is 228 g/mol. The van der Waals surface area contributed by atoms with E-state index in [1.807, 2.05) is 0 Å². The van der Waals surface area contributed by atoms with E-state index >= 15 is 0 Å². The molecule has 13 heavy (non-hydrogen) atoms. The Morgan fingerprint density at radius 2 is 1.85 bits per heavy atom. The normalized spacial score (nSPS) is 11.8. The van der Waals surface area contributed by atoms with Crippen LogP contribution in [0.5, 0.6) is 0 Å². The Morgan fingerprint density at radius 1 is 1.38 bits per heavy atom. The molecule has 0 aromatic carbocycles. The highest BCUT2D eigenvalue weighted by atomic mass is 35.7. The van der Waals surface area contributed by atoms with Crippen LogP contribution >= 0.6 is 10.7 Å². The number of hydrogen-bond donors (Lipinski definition) is 0. The standard InChI is InChI=1S/C6H13ClN2O3S/c1-4-9(13(7,11)12)5-6(10)8(2)3/h4-5H2,1-3H3. The SMILES string of the molecule is CCN(CC(=O)N(C)C)S(=O)(=O)Cl. The second-order valence-corrected chi connectivity index (χ2v) is 5.17. The molecule has 0 fully saturated rings. The molecule has 0 aliphatic carbocycles. The Bertz CT molecular complexity index is 276. The van der Waals surface area contributed by atoms with Gasteiger partial charge in [-0.15, -0.1) is 0 Å². The average molecular weight is 229 g/mol. The first-order valence-electron chi connectivity index (χ1n) is 3.69. The second kappa shape index (κ2) is 4.78. The molecular formula is C6H13ClN2O3S. The van der Waals surface area contributed by atoms with Crippen molar-refractivity contribution in [2.45, 2.75) is 6.92 Å². The molecule has 0 saturated heterocycles. The van der Waals surface area contributed by atoms with Crippen LogP contribution < -0.4 is 0 Å². The summed E-state index contributed by atoms with van der Waals surface area (Å²) in [6.45, 7) is 1.59. The molecule has 0 saturated carbocycles. The van der Waals surface area contributed by atoms with E-state index in [4.69, 9.17) is 10.7 Å². The third-order valence-electron chi connectivity index (χ3n) is 1.47. The van der Waals surface area contributed by atoms with Gasteiger partial charge in [-0.3, -0.25) is 4.79 Å². The summed E-state index contributed by atoms with van der Waals surface area (Å²) in [5.74, 6) is -0.300. The first-order valence-corrected chi connectivity index (χ1v) is 5.95. The Hall–Kier alpha value is -0.330. The first-order chi connectivity index (χ1) is 5.79. The topological polar surface area (TPSA) is 57.7 Å². The summed E-state index contributed by atoms with van der Waals surface area (Å²) in [4.78, 5) is 12.4. The van der Waals surface area contributed by atoms with Crippen molar-refractivity contribution >= 4 is 25.8 Å². The largest absolute Gasteiger partial charge is 0.348 e. The predicted octanol–water partition coefficient (Wildman–Crippen LogP) is -0.120. The lowest BCUT2D eigenvalue weighted by molar-refractivity contribution is -0.128. The Kier molecular flexibility index (Phi) is 4.66. The number of halogens is 1. The number of likely N-dealkylation sites (N-methyl/N-ethyl adjacent to an activating group) is 2. The summed E-state index contributed by atoms with van der Waals surface area (Å²) in [5, 5.41) is 0. The summed E-state index contributed by atoms with van der Waals surface area (Å²) in [6.07, 6.45) is 0. The van der Waals surface area contributed by atoms with Gasteiger partial charge in [-0.1, -0.05) is 6.92 Å². The maximum absolute atomic E-state index is 11.1. The molecule has 0 spiro atoms. The van der Waals surface area contributed by atoms with E-state index in [9.17, 15) is 13.2 Å². The minimum absolute atomic E-state index is 0.186. The molecule has 0 aromatic rings. The molecular weight excluding hydrogens is 216 g/mol. The smallest absolute Gasteiger partial charge is 0.300 e. The van der Waals surface area contributed by atoms with E-state index < -0.39 is 9.24 Å². The van der Waals surface area contributed by atoms with Crippen molar-refractivity contribution in [3.63, 3.8) is 0 Å². The summed E-state index contributed by atoms with van der Waals surface area (Å²) >= 11 is 0. The zero-order valence-electron chi connectivity index (χ0n) is 7.82. The molecule has 0 aliphatic rings. The molecule has 0 unspecified atom stereocenters. The molecule has 0 N–H and O–H groups in total. The quantitative estimate of drug-likeness (QED) is 0.631. The fourth-order valence-corrected chi connectivity index (χ4v) is 1.65. The van der Waals surface area contributed by atoms with E-state index in [0.717, 1.165) is 4.31 Å². The zero-order chi connectivity index (χ0) is 10.6. The van der Waals surface area contributed by atoms with Gasteiger partial charge in [0.1, 0.15) is 0 Å². The van der Waals surface area contributed by atoms with Crippen LogP contribution in [0.4, 0.5) is 0 Å². The molecule has 0 radical (unpaired) electrons. The van der Waals surface area contributed by atoms with Crippen LogP contribution in [0, 0.1) is 0 Å². The molecule has 1 amide bonds. The maximum Gasteiger partial charge on any atom is 0.300 e. The van der Waals surface area contributed by atoms with Crippen LogP contribution in [-0.4, -0.2) is 50.7 Å². The first kappa shape index (κ1) is 12.7. The third kappa shape index (κ3) is 4.44. The molecule has 0 aromatic heterocycles. The lowest BCUT2D eigenvalue weighted by Crippen LogP contribution is -2.38. The number of carbonyl (C=O) groups is 1. The van der Waals surface area contributed by atoms with Crippen LogP contribution in [-0.2, 0) is 14.0 Å². The molecule has 7 heteroatoms. The van der Waals surface area contributed by atoms with Gasteiger partial charge in [-0.2, -0.15) is 12.7 Å². The summed E-state index contributed by atoms with van der Waals surface area (Å²) in [7, 11) is 4.40. The fraction of sp³-hybridized carbons (Fsp3) is 0.833. The summed E-state index contributed by atoms with van der Waals surface area (Å²) < 4.78 is 22.6. The van der Waals surface area contributed by atoms with Gasteiger partial charge in [-0.05, 0) is 0 Å². The lowest BCUT2D eigenvalue weighted by Gasteiger charge is -2.17. The van der Waals surface area contributed by atoms with Gasteiger partial charge in [0.2, 0.25) is 5.91 Å². The zero-order valence-corrected chi connectivity index (χ0v) is 9.39. The number of amides is 1. The van der Waals surface area contributed by atoms with Crippen molar-refractivity contribution in [2.24, 2.45) is 0 Å². The van der Waals surface area contributed by atoms with Crippen molar-refractivity contribution in [1.29, 1.82) is 0 Å². The van der Waals surface area contributed by atoms with Gasteiger partial charge in [-0.25, -0.2) is 0 Å². The van der Waals surface area contributed by atoms with Crippen LogP contribution in [0.3, 0.4) is 0 Å². The molecule has 0 heterocycles. The van der Waals surface area contributed by atoms with Crippen LogP contribution in [0.25, 0.3) is 0 Å². The van der Waals surface area contributed by atoms with Gasteiger partial charge in [0.05, 0.1) is 6.54 Å². The van der Waals surface area contributed by atoms with Crippen molar-refractivity contribution in [3.8, 4) is 0 Å². The second-order valence-electron chi connectivity index (χ2n) is 2.66. The number of carbonyl (C=O) groups excluding carboxylic acids is 1. The lowest BCUT2D eigenvalue weighted by atomic mass is 10.5. The number of rotatable bonds is 4. The Balaban J connectivity index is 4.41. The van der Waals surface area contributed by atoms with Crippen LogP contribution in [0.15, 0.2) is 0 Å². The summed E-state index contributed by atoms with van der Waals surface area (Å²) in [6, 6.07) is 0. The summed E-state index contributed by atoms with van der Waals surface area (Å²) in [5.41, 5.74) is 0. The van der Waals surface area contributed by atoms with Gasteiger partial charge < -0.3 is 4.90 Å². The number of hydrogen-bond acceptors (Lipinski definition) is 3. The van der Waals surface area contributed by atoms with Crippen molar-refractivity contribution in [2.75, 3.05) is 27.2 Å². The molecule has 5 nitrogen and oxygen atoms in total. The third-order valence-corrected chi connectivity index (χ3v) is 3.06. The highest BCUT2D eigenvalue weighted by Crippen LogP contribution is 2.05. The van der Waals surface area contributed by atoms with E-state index in [1.165, 1.54) is 4.90 Å². The minimum atomic E-state index is -3.79. The molecule has 78 valence electrons. The van der Waals surface area contributed by atoms with E-state index in [0.29, 0.717) is 0 Å².